The van der Waals surface area contributed by atoms with E-state index in [1.807, 2.05) is 24.1 Å². The number of anilines is 1. The Morgan fingerprint density at radius 3 is 2.57 bits per heavy atom. The van der Waals surface area contributed by atoms with E-state index in [2.05, 4.69) is 10.3 Å². The van der Waals surface area contributed by atoms with Crippen LogP contribution in [0.15, 0.2) is 42.7 Å². The van der Waals surface area contributed by atoms with Crippen molar-refractivity contribution < 1.29 is 13.6 Å². The van der Waals surface area contributed by atoms with Crippen molar-refractivity contribution in [2.45, 2.75) is 12.8 Å². The summed E-state index contributed by atoms with van der Waals surface area (Å²) in [5, 5.41) is 2.56. The maximum atomic E-state index is 13.1. The first-order valence-corrected chi connectivity index (χ1v) is 7.37. The number of hydrogen-bond donors (Lipinski definition) is 1. The topological polar surface area (TPSA) is 45.2 Å². The molecule has 0 saturated carbocycles. The number of carbonyl (C=O) groups is 1. The van der Waals surface area contributed by atoms with Crippen LogP contribution in [-0.4, -0.2) is 35.9 Å². The van der Waals surface area contributed by atoms with Gasteiger partial charge in [-0.25, -0.2) is 8.78 Å². The van der Waals surface area contributed by atoms with Gasteiger partial charge in [0.2, 0.25) is 5.91 Å². The highest BCUT2D eigenvalue weighted by Crippen LogP contribution is 2.13. The van der Waals surface area contributed by atoms with Crippen LogP contribution in [0.4, 0.5) is 14.5 Å². The maximum Gasteiger partial charge on any atom is 0.225 e. The van der Waals surface area contributed by atoms with Crippen molar-refractivity contribution in [1.82, 2.24) is 9.88 Å². The van der Waals surface area contributed by atoms with E-state index in [1.165, 1.54) is 11.6 Å². The monoisotopic (exact) mass is 319 g/mol. The molecule has 2 rings (SSSR count). The van der Waals surface area contributed by atoms with Crippen molar-refractivity contribution in [3.63, 3.8) is 0 Å². The minimum absolute atomic E-state index is 0.230. The van der Waals surface area contributed by atoms with Gasteiger partial charge in [-0.2, -0.15) is 0 Å². The molecule has 0 aliphatic heterocycles. The fourth-order valence-electron chi connectivity index (χ4n) is 2.07. The molecule has 1 aromatic carbocycles. The highest BCUT2D eigenvalue weighted by atomic mass is 19.2. The number of rotatable bonds is 7. The first kappa shape index (κ1) is 17.0. The normalized spacial score (nSPS) is 10.8. The van der Waals surface area contributed by atoms with E-state index in [0.717, 1.165) is 25.1 Å². The predicted octanol–water partition coefficient (Wildman–Crippen LogP) is 2.86. The molecule has 23 heavy (non-hydrogen) atoms. The second-order valence-electron chi connectivity index (χ2n) is 5.34. The lowest BCUT2D eigenvalue weighted by Gasteiger charge is -2.16. The van der Waals surface area contributed by atoms with Gasteiger partial charge >= 0.3 is 0 Å². The second kappa shape index (κ2) is 8.33. The Balaban J connectivity index is 1.72. The molecule has 1 amide bonds. The van der Waals surface area contributed by atoms with E-state index in [0.29, 0.717) is 6.54 Å². The number of hydrogen-bond acceptors (Lipinski definition) is 3. The zero-order chi connectivity index (χ0) is 16.7. The van der Waals surface area contributed by atoms with E-state index < -0.39 is 11.6 Å². The third kappa shape index (κ3) is 5.75. The lowest BCUT2D eigenvalue weighted by molar-refractivity contribution is -0.116. The molecular weight excluding hydrogens is 300 g/mol. The molecule has 1 aromatic heterocycles. The molecule has 0 radical (unpaired) electrons. The highest BCUT2D eigenvalue weighted by molar-refractivity contribution is 5.90. The van der Waals surface area contributed by atoms with Crippen LogP contribution >= 0.6 is 0 Å². The number of aromatic nitrogens is 1. The summed E-state index contributed by atoms with van der Waals surface area (Å²) in [6, 6.07) is 7.23. The Kier molecular flexibility index (Phi) is 6.17. The third-order valence-corrected chi connectivity index (χ3v) is 3.46. The highest BCUT2D eigenvalue weighted by Gasteiger charge is 2.08. The van der Waals surface area contributed by atoms with Gasteiger partial charge in [0.1, 0.15) is 0 Å². The summed E-state index contributed by atoms with van der Waals surface area (Å²) in [5.41, 5.74) is 1.45. The number of nitrogens with one attached hydrogen (secondary N) is 1. The summed E-state index contributed by atoms with van der Waals surface area (Å²) in [6.45, 7) is 1.41. The van der Waals surface area contributed by atoms with Crippen LogP contribution in [-0.2, 0) is 11.2 Å². The average Bonchev–Trinajstić information content (AvgIpc) is 2.55. The number of pyridine rings is 1. The van der Waals surface area contributed by atoms with Gasteiger partial charge < -0.3 is 10.2 Å². The smallest absolute Gasteiger partial charge is 0.225 e. The molecule has 4 nitrogen and oxygen atoms in total. The number of halogens is 2. The van der Waals surface area contributed by atoms with Crippen molar-refractivity contribution in [3.05, 3.63) is 59.9 Å². The molecule has 2 aromatic rings. The molecule has 122 valence electrons. The SMILES string of the molecule is CN(CCC(=O)Nc1ccc(F)c(F)c1)CCc1ccncc1. The first-order chi connectivity index (χ1) is 11.0. The molecule has 0 saturated heterocycles. The van der Waals surface area contributed by atoms with E-state index in [4.69, 9.17) is 0 Å². The molecule has 1 N–H and O–H groups in total. The van der Waals surface area contributed by atoms with Crippen LogP contribution in [0.25, 0.3) is 0 Å². The van der Waals surface area contributed by atoms with Crippen molar-refractivity contribution in [1.29, 1.82) is 0 Å². The minimum atomic E-state index is -0.975. The quantitative estimate of drug-likeness (QED) is 0.853. The molecule has 0 aliphatic rings. The van der Waals surface area contributed by atoms with Crippen LogP contribution in [0.3, 0.4) is 0 Å². The standard InChI is InChI=1S/C17H19F2N3O/c1-22(10-6-13-4-8-20-9-5-13)11-7-17(23)21-14-2-3-15(18)16(19)12-14/h2-5,8-9,12H,6-7,10-11H2,1H3,(H,21,23). The van der Waals surface area contributed by atoms with E-state index in [-0.39, 0.29) is 18.0 Å². The van der Waals surface area contributed by atoms with Gasteiger partial charge in [-0.3, -0.25) is 9.78 Å². The Bertz CT molecular complexity index is 650. The van der Waals surface area contributed by atoms with Crippen LogP contribution in [0, 0.1) is 11.6 Å². The fraction of sp³-hybridized carbons (Fsp3) is 0.294. The predicted molar refractivity (Wildman–Crippen MR) is 85.0 cm³/mol. The van der Waals surface area contributed by atoms with Crippen molar-refractivity contribution in [2.75, 3.05) is 25.5 Å². The average molecular weight is 319 g/mol. The van der Waals surface area contributed by atoms with Gasteiger partial charge in [-0.1, -0.05) is 0 Å². The Morgan fingerprint density at radius 2 is 1.87 bits per heavy atom. The third-order valence-electron chi connectivity index (χ3n) is 3.46. The molecule has 0 atom stereocenters. The van der Waals surface area contributed by atoms with Gasteiger partial charge in [0, 0.05) is 43.7 Å². The molecule has 0 bridgehead atoms. The van der Waals surface area contributed by atoms with Crippen molar-refractivity contribution >= 4 is 11.6 Å². The summed E-state index contributed by atoms with van der Waals surface area (Å²) >= 11 is 0. The van der Waals surface area contributed by atoms with E-state index in [9.17, 15) is 13.6 Å². The first-order valence-electron chi connectivity index (χ1n) is 7.37. The molecule has 0 spiro atoms. The van der Waals surface area contributed by atoms with Gasteiger partial charge in [-0.05, 0) is 43.3 Å². The minimum Gasteiger partial charge on any atom is -0.326 e. The van der Waals surface area contributed by atoms with Crippen LogP contribution in [0.2, 0.25) is 0 Å². The van der Waals surface area contributed by atoms with Gasteiger partial charge in [0.25, 0.3) is 0 Å². The number of amides is 1. The molecule has 0 fully saturated rings. The van der Waals surface area contributed by atoms with Crippen LogP contribution in [0.5, 0.6) is 0 Å². The van der Waals surface area contributed by atoms with Crippen LogP contribution < -0.4 is 5.32 Å². The zero-order valence-electron chi connectivity index (χ0n) is 12.9. The number of nitrogens with zero attached hydrogens (tertiary/aromatic N) is 2. The summed E-state index contributed by atoms with van der Waals surface area (Å²) in [7, 11) is 1.94. The zero-order valence-corrected chi connectivity index (χ0v) is 12.9. The number of benzene rings is 1. The molecule has 0 unspecified atom stereocenters. The largest absolute Gasteiger partial charge is 0.326 e. The number of likely N-dealkylation sites (N-methyl/N-ethyl adjacent to an activating group) is 1. The lowest BCUT2D eigenvalue weighted by Crippen LogP contribution is -2.26. The second-order valence-corrected chi connectivity index (χ2v) is 5.34. The van der Waals surface area contributed by atoms with Gasteiger partial charge in [0.05, 0.1) is 0 Å². The molecule has 1 heterocycles. The number of carbonyl (C=O) groups excluding carboxylic acids is 1. The van der Waals surface area contributed by atoms with Gasteiger partial charge in [0.15, 0.2) is 11.6 Å². The fourth-order valence-corrected chi connectivity index (χ4v) is 2.07. The van der Waals surface area contributed by atoms with E-state index >= 15 is 0 Å². The Hall–Kier alpha value is -2.34. The summed E-state index contributed by atoms with van der Waals surface area (Å²) in [6.07, 6.45) is 4.67. The summed E-state index contributed by atoms with van der Waals surface area (Å²) in [4.78, 5) is 17.8. The maximum absolute atomic E-state index is 13.1. The molecular formula is C17H19F2N3O. The molecule has 6 heteroatoms. The van der Waals surface area contributed by atoms with Gasteiger partial charge in [-0.15, -0.1) is 0 Å². The Labute approximate surface area is 134 Å². The van der Waals surface area contributed by atoms with Crippen molar-refractivity contribution in [3.8, 4) is 0 Å². The molecule has 0 aliphatic carbocycles. The van der Waals surface area contributed by atoms with Crippen molar-refractivity contribution in [2.24, 2.45) is 0 Å². The van der Waals surface area contributed by atoms with E-state index in [1.54, 1.807) is 12.4 Å². The summed E-state index contributed by atoms with van der Waals surface area (Å²) in [5.74, 6) is -2.14. The Morgan fingerprint density at radius 1 is 1.13 bits per heavy atom. The van der Waals surface area contributed by atoms with Crippen LogP contribution in [0.1, 0.15) is 12.0 Å². The summed E-state index contributed by atoms with van der Waals surface area (Å²) < 4.78 is 25.9. The lowest BCUT2D eigenvalue weighted by atomic mass is 10.2.